The molecule has 0 unspecified atom stereocenters. The summed E-state index contributed by atoms with van der Waals surface area (Å²) in [6.45, 7) is 3.80. The Kier molecular flexibility index (Phi) is 8.35. The number of piperidine rings is 1. The number of hydrogen-bond acceptors (Lipinski definition) is 3. The van der Waals surface area contributed by atoms with E-state index in [0.29, 0.717) is 23.9 Å². The normalized spacial score (nSPS) is 18.2. The lowest BCUT2D eigenvalue weighted by atomic mass is 9.98. The van der Waals surface area contributed by atoms with E-state index in [1.165, 1.54) is 11.1 Å². The second-order valence-electron chi connectivity index (χ2n) is 8.03. The van der Waals surface area contributed by atoms with Crippen molar-refractivity contribution >= 4 is 40.0 Å². The lowest BCUT2D eigenvalue weighted by Crippen LogP contribution is -2.47. The van der Waals surface area contributed by atoms with Crippen molar-refractivity contribution in [1.82, 2.24) is 14.5 Å². The van der Waals surface area contributed by atoms with Crippen molar-refractivity contribution < 1.29 is 8.42 Å². The SMILES string of the molecule is CN=C(NCC1CCN(S(=O)(=O)c2ccccc2)CC1)N1CCc2ccccc2C1.I. The zero-order chi connectivity index (χ0) is 21.0. The molecule has 31 heavy (non-hydrogen) atoms. The smallest absolute Gasteiger partial charge is 0.243 e. The van der Waals surface area contributed by atoms with Gasteiger partial charge in [-0.25, -0.2) is 8.42 Å². The van der Waals surface area contributed by atoms with Crippen molar-refractivity contribution in [3.63, 3.8) is 0 Å². The average Bonchev–Trinajstić information content (AvgIpc) is 2.80. The Bertz CT molecular complexity index is 990. The molecular weight excluding hydrogens is 523 g/mol. The van der Waals surface area contributed by atoms with E-state index in [1.54, 1.807) is 28.6 Å². The van der Waals surface area contributed by atoms with Gasteiger partial charge in [-0.15, -0.1) is 24.0 Å². The van der Waals surface area contributed by atoms with E-state index in [-0.39, 0.29) is 24.0 Å². The molecule has 2 aromatic rings. The summed E-state index contributed by atoms with van der Waals surface area (Å²) in [6.07, 6.45) is 2.75. The Morgan fingerprint density at radius 1 is 1.00 bits per heavy atom. The summed E-state index contributed by atoms with van der Waals surface area (Å²) in [4.78, 5) is 7.17. The molecule has 6 nitrogen and oxygen atoms in total. The van der Waals surface area contributed by atoms with Crippen molar-refractivity contribution in [2.24, 2.45) is 10.9 Å². The first-order valence-corrected chi connectivity index (χ1v) is 12.1. The van der Waals surface area contributed by atoms with Gasteiger partial charge in [0.05, 0.1) is 4.90 Å². The Balaban J connectivity index is 0.00000272. The third-order valence-corrected chi connectivity index (χ3v) is 8.06. The van der Waals surface area contributed by atoms with E-state index in [4.69, 9.17) is 0 Å². The molecule has 2 aromatic carbocycles. The Labute approximate surface area is 202 Å². The van der Waals surface area contributed by atoms with Crippen LogP contribution in [-0.4, -0.2) is 56.8 Å². The molecule has 2 aliphatic rings. The Morgan fingerprint density at radius 3 is 2.32 bits per heavy atom. The van der Waals surface area contributed by atoms with Crippen molar-refractivity contribution in [3.8, 4) is 0 Å². The van der Waals surface area contributed by atoms with Crippen LogP contribution < -0.4 is 5.32 Å². The highest BCUT2D eigenvalue weighted by Gasteiger charge is 2.29. The zero-order valence-corrected chi connectivity index (χ0v) is 21.1. The molecule has 0 aliphatic carbocycles. The lowest BCUT2D eigenvalue weighted by molar-refractivity contribution is 0.270. The minimum atomic E-state index is -3.39. The van der Waals surface area contributed by atoms with Gasteiger partial charge in [0.15, 0.2) is 5.96 Å². The molecule has 0 amide bonds. The predicted molar refractivity (Wildman–Crippen MR) is 135 cm³/mol. The standard InChI is InChI=1S/C23H30N4O2S.HI/c1-24-23(26-14-13-20-7-5-6-8-21(20)18-26)25-17-19-11-15-27(16-12-19)30(28,29)22-9-3-2-4-10-22;/h2-10,19H,11-18H2,1H3,(H,24,25);1H. The number of nitrogens with zero attached hydrogens (tertiary/aromatic N) is 3. The van der Waals surface area contributed by atoms with Gasteiger partial charge in [-0.2, -0.15) is 4.31 Å². The van der Waals surface area contributed by atoms with E-state index in [9.17, 15) is 8.42 Å². The van der Waals surface area contributed by atoms with Crippen LogP contribution in [0, 0.1) is 5.92 Å². The highest BCUT2D eigenvalue weighted by molar-refractivity contribution is 14.0. The van der Waals surface area contributed by atoms with Crippen LogP contribution in [0.1, 0.15) is 24.0 Å². The molecular formula is C23H31IN4O2S. The minimum Gasteiger partial charge on any atom is -0.356 e. The third kappa shape index (κ3) is 5.59. The molecule has 2 heterocycles. The molecule has 0 saturated carbocycles. The maximum absolute atomic E-state index is 12.8. The second kappa shape index (κ2) is 10.8. The van der Waals surface area contributed by atoms with Gasteiger partial charge in [-0.1, -0.05) is 42.5 Å². The van der Waals surface area contributed by atoms with E-state index >= 15 is 0 Å². The molecule has 0 spiro atoms. The topological polar surface area (TPSA) is 65.0 Å². The number of sulfonamides is 1. The number of guanidine groups is 1. The van der Waals surface area contributed by atoms with Crippen LogP contribution >= 0.6 is 24.0 Å². The number of hydrogen-bond donors (Lipinski definition) is 1. The molecule has 4 rings (SSSR count). The zero-order valence-electron chi connectivity index (χ0n) is 17.9. The van der Waals surface area contributed by atoms with Gasteiger partial charge in [-0.05, 0) is 48.4 Å². The molecule has 168 valence electrons. The van der Waals surface area contributed by atoms with E-state index in [2.05, 4.69) is 39.5 Å². The van der Waals surface area contributed by atoms with Crippen molar-refractivity contribution in [3.05, 3.63) is 65.7 Å². The van der Waals surface area contributed by atoms with Gasteiger partial charge < -0.3 is 10.2 Å². The summed E-state index contributed by atoms with van der Waals surface area (Å²) in [5.74, 6) is 1.38. The van der Waals surface area contributed by atoms with Crippen LogP contribution in [0.15, 0.2) is 64.5 Å². The Hall–Kier alpha value is -1.65. The van der Waals surface area contributed by atoms with Gasteiger partial charge in [-0.3, -0.25) is 4.99 Å². The van der Waals surface area contributed by atoms with Gasteiger partial charge in [0.25, 0.3) is 0 Å². The number of benzene rings is 2. The average molecular weight is 554 g/mol. The van der Waals surface area contributed by atoms with Crippen LogP contribution in [0.3, 0.4) is 0 Å². The number of rotatable bonds is 4. The van der Waals surface area contributed by atoms with Gasteiger partial charge >= 0.3 is 0 Å². The van der Waals surface area contributed by atoms with E-state index in [0.717, 1.165) is 44.9 Å². The van der Waals surface area contributed by atoms with Crippen molar-refractivity contribution in [2.45, 2.75) is 30.7 Å². The van der Waals surface area contributed by atoms with E-state index < -0.39 is 10.0 Å². The molecule has 0 atom stereocenters. The number of aliphatic imine (C=N–C) groups is 1. The molecule has 8 heteroatoms. The van der Waals surface area contributed by atoms with E-state index in [1.807, 2.05) is 13.1 Å². The summed E-state index contributed by atoms with van der Waals surface area (Å²) >= 11 is 0. The molecule has 1 fully saturated rings. The number of fused-ring (bicyclic) bond motifs is 1. The molecule has 0 aromatic heterocycles. The predicted octanol–water partition coefficient (Wildman–Crippen LogP) is 3.34. The lowest BCUT2D eigenvalue weighted by Gasteiger charge is -2.34. The summed E-state index contributed by atoms with van der Waals surface area (Å²) < 4.78 is 27.2. The fraction of sp³-hybridized carbons (Fsp3) is 0.435. The molecule has 0 bridgehead atoms. The highest BCUT2D eigenvalue weighted by Crippen LogP contribution is 2.24. The monoisotopic (exact) mass is 554 g/mol. The van der Waals surface area contributed by atoms with Gasteiger partial charge in [0, 0.05) is 39.8 Å². The second-order valence-corrected chi connectivity index (χ2v) is 9.97. The molecule has 0 radical (unpaired) electrons. The summed E-state index contributed by atoms with van der Waals surface area (Å²) in [6, 6.07) is 17.3. The van der Waals surface area contributed by atoms with Crippen molar-refractivity contribution in [1.29, 1.82) is 0 Å². The largest absolute Gasteiger partial charge is 0.356 e. The number of halogens is 1. The third-order valence-electron chi connectivity index (χ3n) is 6.15. The number of nitrogens with one attached hydrogen (secondary N) is 1. The van der Waals surface area contributed by atoms with Crippen LogP contribution in [0.4, 0.5) is 0 Å². The van der Waals surface area contributed by atoms with Gasteiger partial charge in [0.1, 0.15) is 0 Å². The summed E-state index contributed by atoms with van der Waals surface area (Å²) in [5, 5.41) is 3.53. The van der Waals surface area contributed by atoms with Crippen LogP contribution in [0.25, 0.3) is 0 Å². The van der Waals surface area contributed by atoms with Crippen LogP contribution in [0.2, 0.25) is 0 Å². The van der Waals surface area contributed by atoms with Crippen LogP contribution in [-0.2, 0) is 23.0 Å². The quantitative estimate of drug-likeness (QED) is 0.358. The maximum atomic E-state index is 12.8. The highest BCUT2D eigenvalue weighted by atomic mass is 127. The first-order chi connectivity index (χ1) is 14.6. The first-order valence-electron chi connectivity index (χ1n) is 10.7. The van der Waals surface area contributed by atoms with Crippen LogP contribution in [0.5, 0.6) is 0 Å². The maximum Gasteiger partial charge on any atom is 0.243 e. The first kappa shape index (κ1) is 24.0. The van der Waals surface area contributed by atoms with Gasteiger partial charge in [0.2, 0.25) is 10.0 Å². The Morgan fingerprint density at radius 2 is 1.65 bits per heavy atom. The summed E-state index contributed by atoms with van der Waals surface area (Å²) in [5.41, 5.74) is 2.79. The fourth-order valence-corrected chi connectivity index (χ4v) is 5.83. The molecule has 1 saturated heterocycles. The van der Waals surface area contributed by atoms with Crippen molar-refractivity contribution in [2.75, 3.05) is 33.2 Å². The minimum absolute atomic E-state index is 0. The summed E-state index contributed by atoms with van der Waals surface area (Å²) in [7, 11) is -1.55. The fourth-order valence-electron chi connectivity index (χ4n) is 4.34. The molecule has 2 aliphatic heterocycles. The molecule has 1 N–H and O–H groups in total.